The van der Waals surface area contributed by atoms with E-state index in [0.29, 0.717) is 40.4 Å². The number of alkyl carbamates (subject to hydrolysis) is 1. The number of furan rings is 1. The summed E-state index contributed by atoms with van der Waals surface area (Å²) in [6.45, 7) is 10.4. The number of carbonyl (C=O) groups excluding carboxylic acids is 2. The van der Waals surface area contributed by atoms with E-state index in [2.05, 4.69) is 34.6 Å². The second-order valence-corrected chi connectivity index (χ2v) is 8.35. The van der Waals surface area contributed by atoms with E-state index in [-0.39, 0.29) is 31.1 Å². The average Bonchev–Trinajstić information content (AvgIpc) is 3.40. The predicted molar refractivity (Wildman–Crippen MR) is 121 cm³/mol. The molecule has 9 heteroatoms. The van der Waals surface area contributed by atoms with Gasteiger partial charge in [-0.25, -0.2) is 14.5 Å². The largest absolute Gasteiger partial charge is 0.463 e. The standard InChI is InChI=1S/C23H31N5O4/c1-6-31-23(30)26-16(10-14(2)3)12-24-22(29)17-11-19(20-8-7-9-32-20)27-21-18(17)13-25-28(21)15(4)5/h7-9,11,13-16H,6,10,12H2,1-5H3,(H,24,29)(H,26,30). The van der Waals surface area contributed by atoms with E-state index in [1.165, 1.54) is 0 Å². The quantitative estimate of drug-likeness (QED) is 0.516. The maximum atomic E-state index is 13.2. The molecule has 0 bridgehead atoms. The highest BCUT2D eigenvalue weighted by molar-refractivity contribution is 6.06. The number of rotatable bonds is 9. The Hall–Kier alpha value is -3.36. The minimum absolute atomic E-state index is 0.0759. The molecule has 2 amide bonds. The van der Waals surface area contributed by atoms with E-state index in [0.717, 1.165) is 0 Å². The number of amides is 2. The first-order valence-electron chi connectivity index (χ1n) is 10.9. The second kappa shape index (κ2) is 10.3. The fraction of sp³-hybridized carbons (Fsp3) is 0.478. The monoisotopic (exact) mass is 441 g/mol. The van der Waals surface area contributed by atoms with Gasteiger partial charge in [-0.1, -0.05) is 13.8 Å². The van der Waals surface area contributed by atoms with Gasteiger partial charge in [0.2, 0.25) is 0 Å². The smallest absolute Gasteiger partial charge is 0.407 e. The molecule has 3 aromatic rings. The molecule has 0 aliphatic carbocycles. The highest BCUT2D eigenvalue weighted by atomic mass is 16.5. The van der Waals surface area contributed by atoms with Gasteiger partial charge in [-0.3, -0.25) is 4.79 Å². The van der Waals surface area contributed by atoms with Crippen LogP contribution in [0.15, 0.2) is 35.1 Å². The molecule has 2 N–H and O–H groups in total. The second-order valence-electron chi connectivity index (χ2n) is 8.35. The number of hydrogen-bond donors (Lipinski definition) is 2. The summed E-state index contributed by atoms with van der Waals surface area (Å²) in [5.41, 5.74) is 1.62. The van der Waals surface area contributed by atoms with E-state index in [4.69, 9.17) is 9.15 Å². The lowest BCUT2D eigenvalue weighted by Crippen LogP contribution is -2.44. The van der Waals surface area contributed by atoms with Gasteiger partial charge in [0, 0.05) is 18.6 Å². The molecule has 0 aromatic carbocycles. The SMILES string of the molecule is CCOC(=O)NC(CNC(=O)c1cc(-c2ccco2)nc2c1cnn2C(C)C)CC(C)C. The highest BCUT2D eigenvalue weighted by Gasteiger charge is 2.21. The lowest BCUT2D eigenvalue weighted by atomic mass is 10.0. The summed E-state index contributed by atoms with van der Waals surface area (Å²) in [5, 5.41) is 10.9. The summed E-state index contributed by atoms with van der Waals surface area (Å²) in [4.78, 5) is 29.8. The van der Waals surface area contributed by atoms with Gasteiger partial charge in [0.25, 0.3) is 5.91 Å². The molecule has 0 fully saturated rings. The third-order valence-corrected chi connectivity index (χ3v) is 4.94. The van der Waals surface area contributed by atoms with Crippen LogP contribution in [0.4, 0.5) is 4.79 Å². The number of carbonyl (C=O) groups is 2. The molecule has 1 atom stereocenters. The summed E-state index contributed by atoms with van der Waals surface area (Å²) >= 11 is 0. The van der Waals surface area contributed by atoms with E-state index in [1.54, 1.807) is 42.3 Å². The molecule has 0 aliphatic heterocycles. The van der Waals surface area contributed by atoms with Crippen LogP contribution in [0.2, 0.25) is 0 Å². The zero-order chi connectivity index (χ0) is 23.3. The minimum atomic E-state index is -0.489. The number of nitrogens with one attached hydrogen (secondary N) is 2. The third kappa shape index (κ3) is 5.46. The number of aromatic nitrogens is 3. The minimum Gasteiger partial charge on any atom is -0.463 e. The van der Waals surface area contributed by atoms with Crippen LogP contribution in [0.25, 0.3) is 22.5 Å². The van der Waals surface area contributed by atoms with Crippen LogP contribution in [0, 0.1) is 5.92 Å². The first kappa shape index (κ1) is 23.3. The Morgan fingerprint density at radius 3 is 2.66 bits per heavy atom. The van der Waals surface area contributed by atoms with Crippen molar-refractivity contribution in [3.8, 4) is 11.5 Å². The molecule has 172 valence electrons. The van der Waals surface area contributed by atoms with Crippen molar-refractivity contribution >= 4 is 23.0 Å². The molecule has 0 saturated heterocycles. The first-order chi connectivity index (χ1) is 15.3. The summed E-state index contributed by atoms with van der Waals surface area (Å²) in [5.74, 6) is 0.633. The van der Waals surface area contributed by atoms with Crippen LogP contribution < -0.4 is 10.6 Å². The van der Waals surface area contributed by atoms with Crippen LogP contribution in [0.1, 0.15) is 57.4 Å². The number of fused-ring (bicyclic) bond motifs is 1. The maximum Gasteiger partial charge on any atom is 0.407 e. The van der Waals surface area contributed by atoms with Crippen LogP contribution in [0.5, 0.6) is 0 Å². The van der Waals surface area contributed by atoms with Crippen molar-refractivity contribution in [1.29, 1.82) is 0 Å². The van der Waals surface area contributed by atoms with Crippen LogP contribution in [-0.4, -0.2) is 46.0 Å². The third-order valence-electron chi connectivity index (χ3n) is 4.94. The fourth-order valence-electron chi connectivity index (χ4n) is 3.55. The first-order valence-corrected chi connectivity index (χ1v) is 10.9. The van der Waals surface area contributed by atoms with Crippen molar-refractivity contribution in [2.45, 2.75) is 53.1 Å². The van der Waals surface area contributed by atoms with Gasteiger partial charge < -0.3 is 19.8 Å². The van der Waals surface area contributed by atoms with Gasteiger partial charge in [0.1, 0.15) is 5.69 Å². The molecule has 0 radical (unpaired) electrons. The molecule has 32 heavy (non-hydrogen) atoms. The molecule has 0 saturated carbocycles. The van der Waals surface area contributed by atoms with Gasteiger partial charge >= 0.3 is 6.09 Å². The van der Waals surface area contributed by atoms with E-state index in [9.17, 15) is 9.59 Å². The van der Waals surface area contributed by atoms with Crippen LogP contribution >= 0.6 is 0 Å². The Morgan fingerprint density at radius 2 is 2.03 bits per heavy atom. The molecule has 3 rings (SSSR count). The predicted octanol–water partition coefficient (Wildman–Crippen LogP) is 4.16. The van der Waals surface area contributed by atoms with Crippen molar-refractivity contribution in [2.24, 2.45) is 5.92 Å². The molecule has 3 heterocycles. The lowest BCUT2D eigenvalue weighted by molar-refractivity contribution is 0.0946. The van der Waals surface area contributed by atoms with Gasteiger partial charge in [-0.2, -0.15) is 5.10 Å². The van der Waals surface area contributed by atoms with Crippen molar-refractivity contribution in [3.63, 3.8) is 0 Å². The van der Waals surface area contributed by atoms with Crippen molar-refractivity contribution in [1.82, 2.24) is 25.4 Å². The molecule has 1 unspecified atom stereocenters. The molecule has 9 nitrogen and oxygen atoms in total. The summed E-state index contributed by atoms with van der Waals surface area (Å²) in [6.07, 6.45) is 3.44. The van der Waals surface area contributed by atoms with Gasteiger partial charge in [-0.15, -0.1) is 0 Å². The zero-order valence-corrected chi connectivity index (χ0v) is 19.2. The van der Waals surface area contributed by atoms with Crippen molar-refractivity contribution in [3.05, 3.63) is 36.2 Å². The van der Waals surface area contributed by atoms with Crippen molar-refractivity contribution < 1.29 is 18.7 Å². The van der Waals surface area contributed by atoms with E-state index in [1.807, 2.05) is 13.8 Å². The Balaban J connectivity index is 1.88. The Labute approximate surface area is 187 Å². The van der Waals surface area contributed by atoms with Crippen molar-refractivity contribution in [2.75, 3.05) is 13.2 Å². The normalized spacial score (nSPS) is 12.3. The summed E-state index contributed by atoms with van der Waals surface area (Å²) < 4.78 is 12.3. The maximum absolute atomic E-state index is 13.2. The number of ether oxygens (including phenoxy) is 1. The fourth-order valence-corrected chi connectivity index (χ4v) is 3.55. The molecular formula is C23H31N5O4. The lowest BCUT2D eigenvalue weighted by Gasteiger charge is -2.21. The molecule has 0 aliphatic rings. The Morgan fingerprint density at radius 1 is 1.25 bits per heavy atom. The molecule has 0 spiro atoms. The highest BCUT2D eigenvalue weighted by Crippen LogP contribution is 2.26. The number of pyridine rings is 1. The zero-order valence-electron chi connectivity index (χ0n) is 19.2. The van der Waals surface area contributed by atoms with Gasteiger partial charge in [0.05, 0.1) is 30.0 Å². The van der Waals surface area contributed by atoms with Gasteiger partial charge in [0.15, 0.2) is 11.4 Å². The molecule has 3 aromatic heterocycles. The Bertz CT molecular complexity index is 1060. The van der Waals surface area contributed by atoms with E-state index < -0.39 is 6.09 Å². The number of hydrogen-bond acceptors (Lipinski definition) is 6. The molecular weight excluding hydrogens is 410 g/mol. The number of nitrogens with zero attached hydrogens (tertiary/aromatic N) is 3. The Kier molecular flexibility index (Phi) is 7.50. The summed E-state index contributed by atoms with van der Waals surface area (Å²) in [7, 11) is 0. The van der Waals surface area contributed by atoms with Gasteiger partial charge in [-0.05, 0) is 51.3 Å². The topological polar surface area (TPSA) is 111 Å². The van der Waals surface area contributed by atoms with E-state index >= 15 is 0 Å². The summed E-state index contributed by atoms with van der Waals surface area (Å²) in [6, 6.07) is 5.11. The van der Waals surface area contributed by atoms with Crippen LogP contribution in [0.3, 0.4) is 0 Å². The van der Waals surface area contributed by atoms with Crippen LogP contribution in [-0.2, 0) is 4.74 Å². The average molecular weight is 442 g/mol.